The van der Waals surface area contributed by atoms with Crippen LogP contribution in [0.4, 0.5) is 11.6 Å². The molecule has 0 aromatic carbocycles. The first kappa shape index (κ1) is 14.2. The fourth-order valence-corrected chi connectivity index (χ4v) is 1.76. The Kier molecular flexibility index (Phi) is 5.33. The standard InChI is InChI=1S/C12H20N6/c1-4-10-15-11(17-14)9(3)12(16-10)18(5-2)8-6-7-13/h4-6,8,14H2,1-3H3,(H,15,16,17). The van der Waals surface area contributed by atoms with Crippen molar-refractivity contribution in [2.24, 2.45) is 5.84 Å². The predicted molar refractivity (Wildman–Crippen MR) is 72.1 cm³/mol. The number of hydrogen-bond donors (Lipinski definition) is 2. The number of rotatable bonds is 6. The molecule has 3 N–H and O–H groups in total. The SMILES string of the molecule is CCc1nc(NN)c(C)c(N(CC)CCC#N)n1. The molecule has 6 nitrogen and oxygen atoms in total. The van der Waals surface area contributed by atoms with Crippen LogP contribution < -0.4 is 16.2 Å². The van der Waals surface area contributed by atoms with Gasteiger partial charge in [0.25, 0.3) is 0 Å². The van der Waals surface area contributed by atoms with Crippen LogP contribution in [0.1, 0.15) is 31.7 Å². The maximum atomic E-state index is 8.69. The highest BCUT2D eigenvalue weighted by Crippen LogP contribution is 2.23. The zero-order valence-electron chi connectivity index (χ0n) is 11.2. The summed E-state index contributed by atoms with van der Waals surface area (Å²) < 4.78 is 0. The van der Waals surface area contributed by atoms with Crippen LogP contribution >= 0.6 is 0 Å². The van der Waals surface area contributed by atoms with E-state index in [9.17, 15) is 0 Å². The number of nitrogens with one attached hydrogen (secondary N) is 1. The van der Waals surface area contributed by atoms with Gasteiger partial charge in [0, 0.05) is 25.1 Å². The zero-order chi connectivity index (χ0) is 13.5. The molecule has 98 valence electrons. The van der Waals surface area contributed by atoms with Gasteiger partial charge in [-0.2, -0.15) is 5.26 Å². The summed E-state index contributed by atoms with van der Waals surface area (Å²) in [4.78, 5) is 10.9. The number of nitrogens with two attached hydrogens (primary N) is 1. The molecule has 1 aromatic heterocycles. The summed E-state index contributed by atoms with van der Waals surface area (Å²) >= 11 is 0. The van der Waals surface area contributed by atoms with Gasteiger partial charge in [-0.15, -0.1) is 0 Å². The molecule has 0 aliphatic carbocycles. The van der Waals surface area contributed by atoms with E-state index in [1.54, 1.807) is 0 Å². The normalized spacial score (nSPS) is 9.94. The molecule has 0 fully saturated rings. The molecule has 6 heteroatoms. The highest BCUT2D eigenvalue weighted by molar-refractivity contribution is 5.58. The topological polar surface area (TPSA) is 90.9 Å². The van der Waals surface area contributed by atoms with Crippen LogP contribution in [-0.4, -0.2) is 23.1 Å². The number of aromatic nitrogens is 2. The van der Waals surface area contributed by atoms with E-state index in [1.807, 2.05) is 20.8 Å². The highest BCUT2D eigenvalue weighted by atomic mass is 15.3. The number of anilines is 2. The number of hydrazine groups is 1. The summed E-state index contributed by atoms with van der Waals surface area (Å²) in [7, 11) is 0. The van der Waals surface area contributed by atoms with E-state index in [0.717, 1.165) is 30.2 Å². The van der Waals surface area contributed by atoms with E-state index in [4.69, 9.17) is 11.1 Å². The van der Waals surface area contributed by atoms with Crippen molar-refractivity contribution in [2.75, 3.05) is 23.4 Å². The molecule has 0 aliphatic rings. The lowest BCUT2D eigenvalue weighted by Gasteiger charge is -2.24. The molecule has 0 spiro atoms. The van der Waals surface area contributed by atoms with Crippen LogP contribution in [0, 0.1) is 18.3 Å². The monoisotopic (exact) mass is 248 g/mol. The van der Waals surface area contributed by atoms with Crippen LogP contribution in [0.5, 0.6) is 0 Å². The number of nitrogens with zero attached hydrogens (tertiary/aromatic N) is 4. The summed E-state index contributed by atoms with van der Waals surface area (Å²) in [6.07, 6.45) is 1.22. The minimum Gasteiger partial charge on any atom is -0.355 e. The Balaban J connectivity index is 3.15. The van der Waals surface area contributed by atoms with E-state index in [-0.39, 0.29) is 0 Å². The third-order valence-electron chi connectivity index (χ3n) is 2.79. The van der Waals surface area contributed by atoms with E-state index < -0.39 is 0 Å². The fraction of sp³-hybridized carbons (Fsp3) is 0.583. The van der Waals surface area contributed by atoms with Crippen LogP contribution in [-0.2, 0) is 6.42 Å². The predicted octanol–water partition coefficient (Wildman–Crippen LogP) is 1.37. The Bertz CT molecular complexity index is 437. The van der Waals surface area contributed by atoms with Crippen molar-refractivity contribution in [1.29, 1.82) is 5.26 Å². The molecule has 0 unspecified atom stereocenters. The van der Waals surface area contributed by atoms with Crippen LogP contribution in [0.2, 0.25) is 0 Å². The van der Waals surface area contributed by atoms with Gasteiger partial charge in [-0.05, 0) is 13.8 Å². The summed E-state index contributed by atoms with van der Waals surface area (Å²) in [6, 6.07) is 2.15. The molecular weight excluding hydrogens is 228 g/mol. The smallest absolute Gasteiger partial charge is 0.148 e. The molecule has 0 bridgehead atoms. The molecule has 1 aromatic rings. The van der Waals surface area contributed by atoms with Gasteiger partial charge in [0.05, 0.1) is 12.5 Å². The quantitative estimate of drug-likeness (QED) is 0.583. The van der Waals surface area contributed by atoms with Crippen LogP contribution in [0.25, 0.3) is 0 Å². The molecule has 0 amide bonds. The van der Waals surface area contributed by atoms with E-state index in [0.29, 0.717) is 18.8 Å². The summed E-state index contributed by atoms with van der Waals surface area (Å²) in [6.45, 7) is 7.43. The van der Waals surface area contributed by atoms with Crippen LogP contribution in [0.15, 0.2) is 0 Å². The molecule has 0 atom stereocenters. The van der Waals surface area contributed by atoms with E-state index >= 15 is 0 Å². The van der Waals surface area contributed by atoms with Gasteiger partial charge in [-0.3, -0.25) is 0 Å². The Morgan fingerprint density at radius 3 is 2.61 bits per heavy atom. The number of nitriles is 1. The largest absolute Gasteiger partial charge is 0.355 e. The third kappa shape index (κ3) is 3.08. The maximum Gasteiger partial charge on any atom is 0.148 e. The van der Waals surface area contributed by atoms with Crippen molar-refractivity contribution in [1.82, 2.24) is 9.97 Å². The fourth-order valence-electron chi connectivity index (χ4n) is 1.76. The van der Waals surface area contributed by atoms with Crippen molar-refractivity contribution >= 4 is 11.6 Å². The van der Waals surface area contributed by atoms with Gasteiger partial charge in [-0.25, -0.2) is 15.8 Å². The van der Waals surface area contributed by atoms with Crippen LogP contribution in [0.3, 0.4) is 0 Å². The number of nitrogen functional groups attached to an aromatic ring is 1. The summed E-state index contributed by atoms with van der Waals surface area (Å²) in [5, 5.41) is 8.69. The maximum absolute atomic E-state index is 8.69. The van der Waals surface area contributed by atoms with Crippen molar-refractivity contribution in [3.8, 4) is 6.07 Å². The second-order valence-corrected chi connectivity index (χ2v) is 3.92. The first-order valence-corrected chi connectivity index (χ1v) is 6.13. The first-order chi connectivity index (χ1) is 8.67. The molecule has 0 saturated heterocycles. The van der Waals surface area contributed by atoms with E-state index in [2.05, 4.69) is 26.4 Å². The first-order valence-electron chi connectivity index (χ1n) is 6.13. The zero-order valence-corrected chi connectivity index (χ0v) is 11.2. The second kappa shape index (κ2) is 6.77. The Morgan fingerprint density at radius 1 is 1.39 bits per heavy atom. The van der Waals surface area contributed by atoms with Crippen molar-refractivity contribution in [3.05, 3.63) is 11.4 Å². The van der Waals surface area contributed by atoms with Gasteiger partial charge in [0.1, 0.15) is 17.5 Å². The van der Waals surface area contributed by atoms with Gasteiger partial charge in [0.15, 0.2) is 0 Å². The minimum absolute atomic E-state index is 0.476. The van der Waals surface area contributed by atoms with Gasteiger partial charge in [-0.1, -0.05) is 6.92 Å². The lowest BCUT2D eigenvalue weighted by molar-refractivity contribution is 0.789. The Labute approximate surface area is 108 Å². The molecule has 0 saturated carbocycles. The minimum atomic E-state index is 0.476. The van der Waals surface area contributed by atoms with Gasteiger partial charge in [0.2, 0.25) is 0 Å². The third-order valence-corrected chi connectivity index (χ3v) is 2.79. The lowest BCUT2D eigenvalue weighted by atomic mass is 10.2. The molecule has 0 radical (unpaired) electrons. The molecule has 18 heavy (non-hydrogen) atoms. The van der Waals surface area contributed by atoms with Gasteiger partial charge >= 0.3 is 0 Å². The molecule has 1 heterocycles. The van der Waals surface area contributed by atoms with E-state index in [1.165, 1.54) is 0 Å². The molecule has 1 rings (SSSR count). The highest BCUT2D eigenvalue weighted by Gasteiger charge is 2.14. The van der Waals surface area contributed by atoms with Crippen molar-refractivity contribution < 1.29 is 0 Å². The number of hydrogen-bond acceptors (Lipinski definition) is 6. The lowest BCUT2D eigenvalue weighted by Crippen LogP contribution is -2.27. The Hall–Kier alpha value is -1.87. The van der Waals surface area contributed by atoms with Crippen molar-refractivity contribution in [2.45, 2.75) is 33.6 Å². The van der Waals surface area contributed by atoms with Crippen molar-refractivity contribution in [3.63, 3.8) is 0 Å². The number of aryl methyl sites for hydroxylation is 1. The summed E-state index contributed by atoms with van der Waals surface area (Å²) in [5.41, 5.74) is 3.51. The summed E-state index contributed by atoms with van der Waals surface area (Å²) in [5.74, 6) is 7.72. The molecule has 0 aliphatic heterocycles. The average Bonchev–Trinajstić information content (AvgIpc) is 2.41. The van der Waals surface area contributed by atoms with Gasteiger partial charge < -0.3 is 10.3 Å². The molecular formula is C12H20N6. The Morgan fingerprint density at radius 2 is 2.11 bits per heavy atom. The average molecular weight is 248 g/mol. The second-order valence-electron chi connectivity index (χ2n) is 3.92.